The monoisotopic (exact) mass is 385 g/mol. The Hall–Kier alpha value is -1.66. The van der Waals surface area contributed by atoms with Crippen LogP contribution in [0.5, 0.6) is 0 Å². The van der Waals surface area contributed by atoms with E-state index in [-0.39, 0.29) is 12.0 Å². The standard InChI is InChI=1S/C23H35N3O2/c1-20(2)23(27)19-25(12-11-24-13-15-28-16-14-24)18-22-9-6-10-26(22)17-21-7-4-3-5-8-21/h3-10,20,23,27H,11-19H2,1-2H3/t23-/m1/s1. The highest BCUT2D eigenvalue weighted by Crippen LogP contribution is 2.13. The molecule has 28 heavy (non-hydrogen) atoms. The van der Waals surface area contributed by atoms with E-state index in [1.807, 2.05) is 0 Å². The Labute approximate surface area is 169 Å². The molecule has 0 saturated carbocycles. The first-order valence-electron chi connectivity index (χ1n) is 10.5. The van der Waals surface area contributed by atoms with Crippen molar-refractivity contribution in [2.45, 2.75) is 33.0 Å². The highest BCUT2D eigenvalue weighted by Gasteiger charge is 2.18. The van der Waals surface area contributed by atoms with Crippen molar-refractivity contribution in [1.82, 2.24) is 14.4 Å². The van der Waals surface area contributed by atoms with E-state index >= 15 is 0 Å². The van der Waals surface area contributed by atoms with E-state index in [2.05, 4.69) is 76.9 Å². The number of morpholine rings is 1. The van der Waals surface area contributed by atoms with Crippen LogP contribution in [0.15, 0.2) is 48.7 Å². The van der Waals surface area contributed by atoms with Crippen molar-refractivity contribution in [3.8, 4) is 0 Å². The molecule has 1 aliphatic heterocycles. The van der Waals surface area contributed by atoms with E-state index in [4.69, 9.17) is 4.74 Å². The van der Waals surface area contributed by atoms with Crippen molar-refractivity contribution in [2.24, 2.45) is 5.92 Å². The molecule has 1 atom stereocenters. The Morgan fingerprint density at radius 2 is 1.82 bits per heavy atom. The fourth-order valence-corrected chi connectivity index (χ4v) is 3.57. The van der Waals surface area contributed by atoms with Crippen LogP contribution < -0.4 is 0 Å². The number of aliphatic hydroxyl groups is 1. The molecule has 1 aromatic heterocycles. The van der Waals surface area contributed by atoms with Gasteiger partial charge in [-0.1, -0.05) is 44.2 Å². The number of ether oxygens (including phenoxy) is 1. The molecule has 154 valence electrons. The van der Waals surface area contributed by atoms with Gasteiger partial charge in [0.2, 0.25) is 0 Å². The Bertz CT molecular complexity index is 680. The van der Waals surface area contributed by atoms with Gasteiger partial charge in [-0.25, -0.2) is 0 Å². The Morgan fingerprint density at radius 3 is 2.54 bits per heavy atom. The summed E-state index contributed by atoms with van der Waals surface area (Å²) in [5.74, 6) is 0.266. The molecule has 2 heterocycles. The van der Waals surface area contributed by atoms with Crippen LogP contribution in [0.1, 0.15) is 25.1 Å². The zero-order valence-electron chi connectivity index (χ0n) is 17.3. The predicted octanol–water partition coefficient (Wildman–Crippen LogP) is 2.69. The fourth-order valence-electron chi connectivity index (χ4n) is 3.57. The number of aliphatic hydroxyl groups excluding tert-OH is 1. The number of hydrogen-bond donors (Lipinski definition) is 1. The van der Waals surface area contributed by atoms with E-state index in [9.17, 15) is 5.11 Å². The zero-order valence-corrected chi connectivity index (χ0v) is 17.3. The Balaban J connectivity index is 1.63. The molecule has 5 heteroatoms. The summed E-state index contributed by atoms with van der Waals surface area (Å²) in [6.45, 7) is 12.3. The molecular weight excluding hydrogens is 350 g/mol. The molecule has 1 aliphatic rings. The molecule has 3 rings (SSSR count). The summed E-state index contributed by atoms with van der Waals surface area (Å²) in [5, 5.41) is 10.5. The van der Waals surface area contributed by atoms with Gasteiger partial charge in [-0.2, -0.15) is 0 Å². The summed E-state index contributed by atoms with van der Waals surface area (Å²) in [6, 6.07) is 14.9. The Kier molecular flexibility index (Phi) is 8.10. The number of nitrogens with zero attached hydrogens (tertiary/aromatic N) is 3. The van der Waals surface area contributed by atoms with Gasteiger partial charge >= 0.3 is 0 Å². The van der Waals surface area contributed by atoms with E-state index in [0.717, 1.165) is 52.5 Å². The van der Waals surface area contributed by atoms with Gasteiger partial charge < -0.3 is 14.4 Å². The van der Waals surface area contributed by atoms with Gasteiger partial charge in [-0.3, -0.25) is 9.80 Å². The number of aromatic nitrogens is 1. The van der Waals surface area contributed by atoms with E-state index in [0.29, 0.717) is 6.54 Å². The molecule has 0 amide bonds. The van der Waals surface area contributed by atoms with E-state index < -0.39 is 0 Å². The number of hydrogen-bond acceptors (Lipinski definition) is 4. The lowest BCUT2D eigenvalue weighted by Crippen LogP contribution is -2.43. The van der Waals surface area contributed by atoms with Gasteiger partial charge in [-0.15, -0.1) is 0 Å². The molecule has 1 saturated heterocycles. The molecule has 1 fully saturated rings. The van der Waals surface area contributed by atoms with Crippen molar-refractivity contribution >= 4 is 0 Å². The van der Waals surface area contributed by atoms with Crippen LogP contribution in [-0.4, -0.2) is 71.5 Å². The first kappa shape index (κ1) is 21.1. The van der Waals surface area contributed by atoms with Gasteiger partial charge in [-0.05, 0) is 23.6 Å². The lowest BCUT2D eigenvalue weighted by atomic mass is 10.1. The molecule has 0 bridgehead atoms. The van der Waals surface area contributed by atoms with Crippen molar-refractivity contribution in [1.29, 1.82) is 0 Å². The summed E-state index contributed by atoms with van der Waals surface area (Å²) in [5.41, 5.74) is 2.60. The van der Waals surface area contributed by atoms with Crippen LogP contribution >= 0.6 is 0 Å². The summed E-state index contributed by atoms with van der Waals surface area (Å²) < 4.78 is 7.78. The van der Waals surface area contributed by atoms with E-state index in [1.54, 1.807) is 0 Å². The minimum Gasteiger partial charge on any atom is -0.392 e. The van der Waals surface area contributed by atoms with Gasteiger partial charge in [0, 0.05) is 57.7 Å². The van der Waals surface area contributed by atoms with Crippen molar-refractivity contribution in [3.63, 3.8) is 0 Å². The third-order valence-electron chi connectivity index (χ3n) is 5.56. The third kappa shape index (κ3) is 6.45. The van der Waals surface area contributed by atoms with Crippen molar-refractivity contribution in [3.05, 3.63) is 59.9 Å². The van der Waals surface area contributed by atoms with Crippen molar-refractivity contribution in [2.75, 3.05) is 45.9 Å². The minimum atomic E-state index is -0.303. The average molecular weight is 386 g/mol. The molecule has 2 aromatic rings. The molecule has 0 aliphatic carbocycles. The molecule has 0 unspecified atom stereocenters. The Morgan fingerprint density at radius 1 is 1.07 bits per heavy atom. The maximum absolute atomic E-state index is 10.5. The maximum Gasteiger partial charge on any atom is 0.0690 e. The summed E-state index contributed by atoms with van der Waals surface area (Å²) in [7, 11) is 0. The third-order valence-corrected chi connectivity index (χ3v) is 5.56. The van der Waals surface area contributed by atoms with Crippen LogP contribution in [-0.2, 0) is 17.8 Å². The molecule has 0 radical (unpaired) electrons. The second-order valence-electron chi connectivity index (χ2n) is 8.11. The van der Waals surface area contributed by atoms with Gasteiger partial charge in [0.25, 0.3) is 0 Å². The highest BCUT2D eigenvalue weighted by atomic mass is 16.5. The summed E-state index contributed by atoms with van der Waals surface area (Å²) >= 11 is 0. The molecule has 5 nitrogen and oxygen atoms in total. The van der Waals surface area contributed by atoms with Gasteiger partial charge in [0.15, 0.2) is 0 Å². The van der Waals surface area contributed by atoms with Crippen LogP contribution in [0.2, 0.25) is 0 Å². The smallest absolute Gasteiger partial charge is 0.0690 e. The first-order chi connectivity index (χ1) is 13.6. The number of rotatable bonds is 10. The average Bonchev–Trinajstić information content (AvgIpc) is 3.14. The SMILES string of the molecule is CC(C)[C@H](O)CN(CCN1CCOCC1)Cc1cccn1Cc1ccccc1. The quantitative estimate of drug-likeness (QED) is 0.683. The van der Waals surface area contributed by atoms with Crippen LogP contribution in [0.25, 0.3) is 0 Å². The second-order valence-corrected chi connectivity index (χ2v) is 8.11. The molecule has 1 aromatic carbocycles. The van der Waals surface area contributed by atoms with Gasteiger partial charge in [0.05, 0.1) is 19.3 Å². The molecular formula is C23H35N3O2. The van der Waals surface area contributed by atoms with Crippen LogP contribution in [0.3, 0.4) is 0 Å². The zero-order chi connectivity index (χ0) is 19.8. The van der Waals surface area contributed by atoms with Crippen LogP contribution in [0.4, 0.5) is 0 Å². The van der Waals surface area contributed by atoms with E-state index in [1.165, 1.54) is 11.3 Å². The summed E-state index contributed by atoms with van der Waals surface area (Å²) in [6.07, 6.45) is 1.85. The summed E-state index contributed by atoms with van der Waals surface area (Å²) in [4.78, 5) is 4.86. The fraction of sp³-hybridized carbons (Fsp3) is 0.565. The van der Waals surface area contributed by atoms with Crippen LogP contribution in [0, 0.1) is 5.92 Å². The minimum absolute atomic E-state index is 0.266. The second kappa shape index (κ2) is 10.8. The van der Waals surface area contributed by atoms with Crippen molar-refractivity contribution < 1.29 is 9.84 Å². The topological polar surface area (TPSA) is 40.9 Å². The normalized spacial score (nSPS) is 16.8. The maximum atomic E-state index is 10.5. The number of benzene rings is 1. The molecule has 1 N–H and O–H groups in total. The largest absolute Gasteiger partial charge is 0.392 e. The lowest BCUT2D eigenvalue weighted by molar-refractivity contribution is 0.0257. The predicted molar refractivity (Wildman–Crippen MR) is 113 cm³/mol. The van der Waals surface area contributed by atoms with Gasteiger partial charge in [0.1, 0.15) is 0 Å². The highest BCUT2D eigenvalue weighted by molar-refractivity contribution is 5.17. The molecule has 0 spiro atoms. The lowest BCUT2D eigenvalue weighted by Gasteiger charge is -2.31. The first-order valence-corrected chi connectivity index (χ1v) is 10.5.